The summed E-state index contributed by atoms with van der Waals surface area (Å²) in [6.07, 6.45) is 0.512. The third kappa shape index (κ3) is 2.79. The molecule has 2 heterocycles. The van der Waals surface area contributed by atoms with Gasteiger partial charge >= 0.3 is 12.0 Å². The second kappa shape index (κ2) is 6.16. The van der Waals surface area contributed by atoms with E-state index in [1.165, 1.54) is 0 Å². The van der Waals surface area contributed by atoms with Crippen LogP contribution in [-0.4, -0.2) is 18.6 Å². The number of carbonyl (C=O) groups excluding carboxylic acids is 2. The largest absolute Gasteiger partial charge is 0.463 e. The van der Waals surface area contributed by atoms with Gasteiger partial charge in [0.2, 0.25) is 0 Å². The van der Waals surface area contributed by atoms with Gasteiger partial charge < -0.3 is 19.8 Å². The minimum absolute atomic E-state index is 0.264. The van der Waals surface area contributed by atoms with Gasteiger partial charge in [-0.3, -0.25) is 0 Å². The van der Waals surface area contributed by atoms with Crippen LogP contribution < -0.4 is 10.6 Å². The number of esters is 1. The van der Waals surface area contributed by atoms with E-state index in [0.717, 1.165) is 5.39 Å². The van der Waals surface area contributed by atoms with E-state index in [1.54, 1.807) is 6.92 Å². The normalized spacial score (nSPS) is 17.8. The molecule has 0 spiro atoms. The molecule has 2 amide bonds. The molecule has 0 radical (unpaired) electrons. The van der Waals surface area contributed by atoms with Crippen LogP contribution in [0, 0.1) is 0 Å². The van der Waals surface area contributed by atoms with Crippen molar-refractivity contribution in [1.82, 2.24) is 10.6 Å². The van der Waals surface area contributed by atoms with E-state index >= 15 is 0 Å². The molecule has 1 unspecified atom stereocenters. The summed E-state index contributed by atoms with van der Waals surface area (Å²) < 4.78 is 11.0. The average molecular weight is 314 g/mol. The summed E-state index contributed by atoms with van der Waals surface area (Å²) in [6, 6.07) is 8.34. The lowest BCUT2D eigenvalue weighted by atomic mass is 9.99. The molecule has 0 bridgehead atoms. The van der Waals surface area contributed by atoms with E-state index in [1.807, 2.05) is 37.3 Å². The number of nitrogens with one attached hydrogen (secondary N) is 2. The Morgan fingerprint density at radius 1 is 1.30 bits per heavy atom. The number of carbonyl (C=O) groups is 2. The first-order chi connectivity index (χ1) is 11.1. The molecule has 6 nitrogen and oxygen atoms in total. The van der Waals surface area contributed by atoms with Crippen molar-refractivity contribution in [3.8, 4) is 0 Å². The van der Waals surface area contributed by atoms with E-state index in [4.69, 9.17) is 9.15 Å². The summed E-state index contributed by atoms with van der Waals surface area (Å²) in [5, 5.41) is 6.33. The maximum absolute atomic E-state index is 12.4. The summed E-state index contributed by atoms with van der Waals surface area (Å²) in [4.78, 5) is 24.3. The molecule has 1 aliphatic rings. The van der Waals surface area contributed by atoms with Gasteiger partial charge in [0.15, 0.2) is 0 Å². The van der Waals surface area contributed by atoms with Crippen LogP contribution in [-0.2, 0) is 9.53 Å². The minimum atomic E-state index is -0.662. The van der Waals surface area contributed by atoms with Gasteiger partial charge in [-0.15, -0.1) is 0 Å². The molecule has 23 heavy (non-hydrogen) atoms. The molecular formula is C17H18N2O4. The number of rotatable bonds is 4. The number of benzene rings is 1. The molecule has 1 aliphatic heterocycles. The zero-order valence-electron chi connectivity index (χ0n) is 13.0. The van der Waals surface area contributed by atoms with Crippen LogP contribution in [0.3, 0.4) is 0 Å². The fourth-order valence-electron chi connectivity index (χ4n) is 2.70. The summed E-state index contributed by atoms with van der Waals surface area (Å²) in [7, 11) is 0. The van der Waals surface area contributed by atoms with Crippen molar-refractivity contribution in [1.29, 1.82) is 0 Å². The van der Waals surface area contributed by atoms with Gasteiger partial charge in [-0.2, -0.15) is 0 Å². The lowest BCUT2D eigenvalue weighted by Gasteiger charge is -2.27. The molecule has 0 aliphatic carbocycles. The fourth-order valence-corrected chi connectivity index (χ4v) is 2.70. The Morgan fingerprint density at radius 3 is 2.78 bits per heavy atom. The molecular weight excluding hydrogens is 296 g/mol. The van der Waals surface area contributed by atoms with E-state index in [2.05, 4.69) is 10.6 Å². The number of furan rings is 1. The smallest absolute Gasteiger partial charge is 0.338 e. The predicted octanol–water partition coefficient (Wildman–Crippen LogP) is 3.01. The summed E-state index contributed by atoms with van der Waals surface area (Å²) in [6.45, 7) is 3.88. The molecule has 6 heteroatoms. The summed E-state index contributed by atoms with van der Waals surface area (Å²) >= 11 is 0. The number of ether oxygens (including phenoxy) is 1. The number of para-hydroxylation sites is 1. The monoisotopic (exact) mass is 314 g/mol. The van der Waals surface area contributed by atoms with Gasteiger partial charge in [0.1, 0.15) is 17.4 Å². The Balaban J connectivity index is 2.09. The first kappa shape index (κ1) is 15.1. The van der Waals surface area contributed by atoms with Crippen LogP contribution in [0.1, 0.15) is 32.1 Å². The van der Waals surface area contributed by atoms with Crippen LogP contribution in [0.2, 0.25) is 0 Å². The second-order valence-corrected chi connectivity index (χ2v) is 5.18. The van der Waals surface area contributed by atoms with Gasteiger partial charge in [-0.1, -0.05) is 25.1 Å². The Labute approximate surface area is 133 Å². The summed E-state index contributed by atoms with van der Waals surface area (Å²) in [5.74, 6) is 0.0531. The van der Waals surface area contributed by atoms with Crippen molar-refractivity contribution >= 4 is 23.0 Å². The van der Waals surface area contributed by atoms with Crippen molar-refractivity contribution < 1.29 is 18.7 Å². The molecule has 2 N–H and O–H groups in total. The van der Waals surface area contributed by atoms with Crippen molar-refractivity contribution in [2.75, 3.05) is 6.61 Å². The molecule has 2 aromatic rings. The zero-order valence-corrected chi connectivity index (χ0v) is 13.0. The second-order valence-electron chi connectivity index (χ2n) is 5.18. The quantitative estimate of drug-likeness (QED) is 0.850. The third-order valence-electron chi connectivity index (χ3n) is 3.73. The average Bonchev–Trinajstić information content (AvgIpc) is 2.98. The van der Waals surface area contributed by atoms with Gasteiger partial charge in [-0.05, 0) is 25.5 Å². The number of amides is 2. The number of urea groups is 1. The van der Waals surface area contributed by atoms with Gasteiger partial charge in [-0.25, -0.2) is 9.59 Å². The highest BCUT2D eigenvalue weighted by Gasteiger charge is 2.35. The van der Waals surface area contributed by atoms with Gasteiger partial charge in [0.25, 0.3) is 0 Å². The number of fused-ring (bicyclic) bond motifs is 1. The van der Waals surface area contributed by atoms with E-state index in [9.17, 15) is 9.59 Å². The maximum Gasteiger partial charge on any atom is 0.338 e. The Hall–Kier alpha value is -2.76. The first-order valence-corrected chi connectivity index (χ1v) is 7.60. The summed E-state index contributed by atoms with van der Waals surface area (Å²) in [5.41, 5.74) is 1.64. The van der Waals surface area contributed by atoms with Crippen LogP contribution >= 0.6 is 0 Å². The molecule has 1 aromatic heterocycles. The van der Waals surface area contributed by atoms with Crippen molar-refractivity contribution in [3.63, 3.8) is 0 Å². The van der Waals surface area contributed by atoms with Crippen LogP contribution in [0.4, 0.5) is 4.79 Å². The maximum atomic E-state index is 12.4. The molecule has 0 saturated heterocycles. The van der Waals surface area contributed by atoms with Crippen molar-refractivity contribution in [2.45, 2.75) is 26.3 Å². The van der Waals surface area contributed by atoms with Gasteiger partial charge in [0.05, 0.1) is 12.2 Å². The van der Waals surface area contributed by atoms with Crippen LogP contribution in [0.5, 0.6) is 0 Å². The first-order valence-electron chi connectivity index (χ1n) is 7.60. The molecule has 1 aromatic carbocycles. The molecule has 1 atom stereocenters. The van der Waals surface area contributed by atoms with Crippen LogP contribution in [0.25, 0.3) is 11.0 Å². The minimum Gasteiger partial charge on any atom is -0.463 e. The molecule has 0 saturated carbocycles. The van der Waals surface area contributed by atoms with Crippen LogP contribution in [0.15, 0.2) is 46.0 Å². The van der Waals surface area contributed by atoms with E-state index < -0.39 is 12.0 Å². The highest BCUT2D eigenvalue weighted by molar-refractivity contribution is 5.95. The fraction of sp³-hybridized carbons (Fsp3) is 0.294. The predicted molar refractivity (Wildman–Crippen MR) is 84.6 cm³/mol. The van der Waals surface area contributed by atoms with E-state index in [0.29, 0.717) is 29.0 Å². The topological polar surface area (TPSA) is 80.6 Å². The highest BCUT2D eigenvalue weighted by atomic mass is 16.5. The molecule has 3 rings (SSSR count). The van der Waals surface area contributed by atoms with Crippen molar-refractivity contribution in [2.24, 2.45) is 0 Å². The molecule has 120 valence electrons. The molecule has 0 fully saturated rings. The van der Waals surface area contributed by atoms with Crippen molar-refractivity contribution in [3.05, 3.63) is 47.4 Å². The Bertz CT molecular complexity index is 758. The Kier molecular flexibility index (Phi) is 4.06. The number of hydrogen-bond acceptors (Lipinski definition) is 4. The third-order valence-corrected chi connectivity index (χ3v) is 3.73. The lowest BCUT2D eigenvalue weighted by molar-refractivity contribution is -0.139. The Morgan fingerprint density at radius 2 is 2.09 bits per heavy atom. The zero-order chi connectivity index (χ0) is 16.4. The number of hydrogen-bond donors (Lipinski definition) is 2. The standard InChI is InChI=1S/C17H18N2O4/c1-3-11-14(16(20)22-4-2)15(19-17(21)18-11)13-9-10-7-5-6-8-12(10)23-13/h5-9,15H,3-4H2,1-2H3,(H2,18,19,21). The van der Waals surface area contributed by atoms with E-state index in [-0.39, 0.29) is 12.6 Å². The van der Waals surface area contributed by atoms with Gasteiger partial charge in [0, 0.05) is 11.1 Å². The highest BCUT2D eigenvalue weighted by Crippen LogP contribution is 2.32. The lowest BCUT2D eigenvalue weighted by Crippen LogP contribution is -2.45. The SMILES string of the molecule is CCOC(=O)C1=C(CC)NC(=O)NC1c1cc2ccccc2o1. The number of allylic oxidation sites excluding steroid dienone is 1.